The molecule has 21 heavy (non-hydrogen) atoms. The molecular formula is C16H18BrN3O. The maximum Gasteiger partial charge on any atom is 0.224 e. The minimum atomic E-state index is 0.361. The first kappa shape index (κ1) is 14.3. The van der Waals surface area contributed by atoms with Crippen molar-refractivity contribution in [2.75, 3.05) is 5.73 Å². The number of benzene rings is 1. The summed E-state index contributed by atoms with van der Waals surface area (Å²) in [6.07, 6.45) is 2.27. The van der Waals surface area contributed by atoms with Crippen LogP contribution in [0.4, 0.5) is 5.82 Å². The van der Waals surface area contributed by atoms with E-state index in [1.54, 1.807) is 6.07 Å². The Morgan fingerprint density at radius 2 is 2.00 bits per heavy atom. The highest BCUT2D eigenvalue weighted by Crippen LogP contribution is 2.39. The summed E-state index contributed by atoms with van der Waals surface area (Å²) in [5, 5.41) is 0. The van der Waals surface area contributed by atoms with Crippen LogP contribution >= 0.6 is 15.9 Å². The largest absolute Gasteiger partial charge is 0.439 e. The molecule has 3 rings (SSSR count). The molecule has 1 aliphatic rings. The van der Waals surface area contributed by atoms with Crippen molar-refractivity contribution in [1.29, 1.82) is 0 Å². The van der Waals surface area contributed by atoms with Gasteiger partial charge >= 0.3 is 0 Å². The van der Waals surface area contributed by atoms with Gasteiger partial charge in [-0.3, -0.25) is 0 Å². The maximum absolute atomic E-state index is 5.97. The highest BCUT2D eigenvalue weighted by atomic mass is 79.9. The van der Waals surface area contributed by atoms with Crippen molar-refractivity contribution in [1.82, 2.24) is 9.97 Å². The van der Waals surface area contributed by atoms with Crippen LogP contribution in [0.25, 0.3) is 0 Å². The van der Waals surface area contributed by atoms with Crippen LogP contribution < -0.4 is 10.5 Å². The minimum Gasteiger partial charge on any atom is -0.439 e. The molecule has 0 saturated heterocycles. The van der Waals surface area contributed by atoms with Crippen LogP contribution in [0.5, 0.6) is 11.6 Å². The van der Waals surface area contributed by atoms with Gasteiger partial charge in [-0.25, -0.2) is 4.98 Å². The number of nitrogens with two attached hydrogens (primary N) is 1. The molecule has 110 valence electrons. The third-order valence-electron chi connectivity index (χ3n) is 3.49. The molecule has 0 unspecified atom stereocenters. The van der Waals surface area contributed by atoms with E-state index in [-0.39, 0.29) is 0 Å². The number of halogens is 1. The lowest BCUT2D eigenvalue weighted by Crippen LogP contribution is -2.01. The third-order valence-corrected chi connectivity index (χ3v) is 3.98. The van der Waals surface area contributed by atoms with Crippen LogP contribution in [0.3, 0.4) is 0 Å². The van der Waals surface area contributed by atoms with Crippen molar-refractivity contribution in [3.05, 3.63) is 40.1 Å². The molecule has 0 bridgehead atoms. The Hall–Kier alpha value is -1.62. The second-order valence-corrected chi connectivity index (χ2v) is 6.62. The van der Waals surface area contributed by atoms with Crippen LogP contribution in [0.1, 0.15) is 49.9 Å². The maximum atomic E-state index is 5.97. The van der Waals surface area contributed by atoms with Crippen molar-refractivity contribution in [2.45, 2.75) is 38.5 Å². The second-order valence-electron chi connectivity index (χ2n) is 5.70. The molecule has 5 heteroatoms. The summed E-state index contributed by atoms with van der Waals surface area (Å²) in [4.78, 5) is 8.78. The molecule has 1 fully saturated rings. The zero-order valence-electron chi connectivity index (χ0n) is 12.1. The highest BCUT2D eigenvalue weighted by molar-refractivity contribution is 9.10. The molecule has 0 amide bonds. The van der Waals surface area contributed by atoms with Crippen LogP contribution in [0.2, 0.25) is 0 Å². The zero-order valence-corrected chi connectivity index (χ0v) is 13.7. The fraction of sp³-hybridized carbons (Fsp3) is 0.375. The van der Waals surface area contributed by atoms with Crippen LogP contribution in [-0.4, -0.2) is 9.97 Å². The van der Waals surface area contributed by atoms with Gasteiger partial charge in [0, 0.05) is 16.5 Å². The Balaban J connectivity index is 1.93. The van der Waals surface area contributed by atoms with E-state index >= 15 is 0 Å². The molecule has 2 aromatic rings. The summed E-state index contributed by atoms with van der Waals surface area (Å²) < 4.78 is 7.01. The fourth-order valence-electron chi connectivity index (χ4n) is 2.21. The first-order chi connectivity index (χ1) is 10.0. The molecule has 0 spiro atoms. The van der Waals surface area contributed by atoms with Gasteiger partial charge in [0.25, 0.3) is 0 Å². The number of nitrogens with zero attached hydrogens (tertiary/aromatic N) is 2. The lowest BCUT2D eigenvalue weighted by atomic mass is 10.0. The summed E-state index contributed by atoms with van der Waals surface area (Å²) in [6.45, 7) is 4.27. The Bertz CT molecular complexity index is 669. The Kier molecular flexibility index (Phi) is 3.85. The molecule has 0 atom stereocenters. The molecule has 0 radical (unpaired) electrons. The van der Waals surface area contributed by atoms with E-state index in [0.29, 0.717) is 23.5 Å². The van der Waals surface area contributed by atoms with Gasteiger partial charge in [-0.1, -0.05) is 29.8 Å². The Labute approximate surface area is 132 Å². The zero-order chi connectivity index (χ0) is 15.0. The Morgan fingerprint density at radius 3 is 2.67 bits per heavy atom. The SMILES string of the molecule is CC(C)c1cc(Br)ccc1Oc1cc(N)nc(C2CC2)n1. The predicted octanol–water partition coefficient (Wildman–Crippen LogP) is 4.61. The molecule has 1 aromatic carbocycles. The van der Waals surface area contributed by atoms with E-state index in [4.69, 9.17) is 10.5 Å². The fourth-order valence-corrected chi connectivity index (χ4v) is 2.59. The van der Waals surface area contributed by atoms with Gasteiger partial charge in [-0.2, -0.15) is 4.98 Å². The number of anilines is 1. The van der Waals surface area contributed by atoms with Crippen molar-refractivity contribution < 1.29 is 4.74 Å². The minimum absolute atomic E-state index is 0.361. The van der Waals surface area contributed by atoms with E-state index in [9.17, 15) is 0 Å². The van der Waals surface area contributed by atoms with Crippen molar-refractivity contribution >= 4 is 21.7 Å². The van der Waals surface area contributed by atoms with Gasteiger partial charge in [0.15, 0.2) is 0 Å². The topological polar surface area (TPSA) is 61.0 Å². The van der Waals surface area contributed by atoms with Gasteiger partial charge in [0.2, 0.25) is 5.88 Å². The smallest absolute Gasteiger partial charge is 0.224 e. The van der Waals surface area contributed by atoms with Gasteiger partial charge < -0.3 is 10.5 Å². The number of rotatable bonds is 4. The van der Waals surface area contributed by atoms with Gasteiger partial charge in [-0.15, -0.1) is 0 Å². The number of hydrogen-bond donors (Lipinski definition) is 1. The van der Waals surface area contributed by atoms with Gasteiger partial charge in [0.1, 0.15) is 17.4 Å². The number of hydrogen-bond acceptors (Lipinski definition) is 4. The first-order valence-corrected chi connectivity index (χ1v) is 7.94. The van der Waals surface area contributed by atoms with Crippen LogP contribution in [0, 0.1) is 0 Å². The van der Waals surface area contributed by atoms with Crippen molar-refractivity contribution in [2.24, 2.45) is 0 Å². The molecule has 1 heterocycles. The van der Waals surface area contributed by atoms with E-state index in [1.165, 1.54) is 0 Å². The normalized spacial score (nSPS) is 14.5. The Morgan fingerprint density at radius 1 is 1.24 bits per heavy atom. The lowest BCUT2D eigenvalue weighted by Gasteiger charge is -2.14. The highest BCUT2D eigenvalue weighted by Gasteiger charge is 2.27. The first-order valence-electron chi connectivity index (χ1n) is 7.14. The van der Waals surface area contributed by atoms with E-state index in [1.807, 2.05) is 12.1 Å². The molecule has 1 aliphatic carbocycles. The van der Waals surface area contributed by atoms with Crippen LogP contribution in [0.15, 0.2) is 28.7 Å². The summed E-state index contributed by atoms with van der Waals surface area (Å²) in [5.74, 6) is 3.41. The molecular weight excluding hydrogens is 330 g/mol. The lowest BCUT2D eigenvalue weighted by molar-refractivity contribution is 0.450. The average Bonchev–Trinajstić information content (AvgIpc) is 3.24. The van der Waals surface area contributed by atoms with Gasteiger partial charge in [-0.05, 0) is 42.5 Å². The summed E-state index contributed by atoms with van der Waals surface area (Å²) >= 11 is 3.50. The number of aromatic nitrogens is 2. The molecule has 1 aromatic heterocycles. The summed E-state index contributed by atoms with van der Waals surface area (Å²) in [7, 11) is 0. The number of ether oxygens (including phenoxy) is 1. The van der Waals surface area contributed by atoms with Crippen LogP contribution in [-0.2, 0) is 0 Å². The van der Waals surface area contributed by atoms with Gasteiger partial charge in [0.05, 0.1) is 0 Å². The van der Waals surface area contributed by atoms with E-state index in [2.05, 4.69) is 45.8 Å². The second kappa shape index (κ2) is 5.64. The quantitative estimate of drug-likeness (QED) is 0.876. The average molecular weight is 348 g/mol. The molecule has 0 aliphatic heterocycles. The number of nitrogen functional groups attached to an aromatic ring is 1. The predicted molar refractivity (Wildman–Crippen MR) is 86.7 cm³/mol. The van der Waals surface area contributed by atoms with Crippen molar-refractivity contribution in [3.63, 3.8) is 0 Å². The van der Waals surface area contributed by atoms with E-state index < -0.39 is 0 Å². The van der Waals surface area contributed by atoms with E-state index in [0.717, 1.165) is 34.5 Å². The molecule has 1 saturated carbocycles. The standard InChI is InChI=1S/C16H18BrN3O/c1-9(2)12-7-11(17)5-6-13(12)21-15-8-14(18)19-16(20-15)10-3-4-10/h5-10H,3-4H2,1-2H3,(H2,18,19,20). The van der Waals surface area contributed by atoms with Crippen molar-refractivity contribution in [3.8, 4) is 11.6 Å². The summed E-state index contributed by atoms with van der Waals surface area (Å²) in [6, 6.07) is 7.67. The third kappa shape index (κ3) is 3.35. The summed E-state index contributed by atoms with van der Waals surface area (Å²) in [5.41, 5.74) is 7.00. The molecule has 4 nitrogen and oxygen atoms in total. The monoisotopic (exact) mass is 347 g/mol. The molecule has 2 N–H and O–H groups in total.